The number of likely N-dealkylation sites (N-methyl/N-ethyl adjacent to an activating group) is 2. The molecule has 0 radical (unpaired) electrons. The third-order valence-corrected chi connectivity index (χ3v) is 10.3. The molecule has 2 heterocycles. The Balaban J connectivity index is 1.57. The Bertz CT molecular complexity index is 1490. The number of benzene rings is 2. The third kappa shape index (κ3) is 9.50. The van der Waals surface area contributed by atoms with Gasteiger partial charge in [0, 0.05) is 49.9 Å². The highest BCUT2D eigenvalue weighted by atomic mass is 32.1. The standard InChI is InChI=1S/C37H51N5O3S/c1-37(2,38-3)20-9-16-34(43)41(5)33(25-27-17-18-28-12-7-8-13-29(28)24-27)36(45)42(6)32(26-31-15-11-23-46-31)35(44)39-21-19-30-14-10-22-40(30)4/h7-9,11-13,15-18,23-24,30,32-33,38H,10,14,19-22,25-26H2,1-6H3,(H,39,44)/b16-9+/t30?,32-,33-/m1/s1. The van der Waals surface area contributed by atoms with Crippen molar-refractivity contribution in [2.75, 3.05) is 41.3 Å². The molecule has 3 amide bonds. The number of likely N-dealkylation sites (tertiary alicyclic amines) is 1. The highest BCUT2D eigenvalue weighted by molar-refractivity contribution is 7.09. The number of nitrogens with one attached hydrogen (secondary N) is 2. The molecule has 0 bridgehead atoms. The smallest absolute Gasteiger partial charge is 0.246 e. The molecule has 0 saturated carbocycles. The minimum atomic E-state index is -0.800. The highest BCUT2D eigenvalue weighted by Gasteiger charge is 2.35. The van der Waals surface area contributed by atoms with Crippen molar-refractivity contribution in [2.45, 2.75) is 76.0 Å². The van der Waals surface area contributed by atoms with Crippen LogP contribution in [0.4, 0.5) is 0 Å². The second-order valence-electron chi connectivity index (χ2n) is 13.2. The van der Waals surface area contributed by atoms with Crippen LogP contribution in [0.3, 0.4) is 0 Å². The summed E-state index contributed by atoms with van der Waals surface area (Å²) in [5.41, 5.74) is 0.788. The predicted octanol–water partition coefficient (Wildman–Crippen LogP) is 4.89. The summed E-state index contributed by atoms with van der Waals surface area (Å²) in [6, 6.07) is 17.2. The molecule has 0 spiro atoms. The number of hydrogen-bond acceptors (Lipinski definition) is 6. The normalized spacial score (nSPS) is 16.9. The van der Waals surface area contributed by atoms with Crippen LogP contribution < -0.4 is 10.6 Å². The van der Waals surface area contributed by atoms with Crippen LogP contribution in [0.25, 0.3) is 10.8 Å². The first-order valence-corrected chi connectivity index (χ1v) is 17.2. The minimum Gasteiger partial charge on any atom is -0.354 e. The molecule has 2 N–H and O–H groups in total. The molecule has 9 heteroatoms. The molecule has 0 aliphatic carbocycles. The number of carbonyl (C=O) groups is 3. The van der Waals surface area contributed by atoms with Crippen LogP contribution in [0.15, 0.2) is 72.1 Å². The fourth-order valence-corrected chi connectivity index (χ4v) is 6.79. The summed E-state index contributed by atoms with van der Waals surface area (Å²) >= 11 is 1.58. The Hall–Kier alpha value is -3.53. The Morgan fingerprint density at radius 3 is 2.46 bits per heavy atom. The fourth-order valence-electron chi connectivity index (χ4n) is 6.04. The first-order chi connectivity index (χ1) is 22.0. The van der Waals surface area contributed by atoms with Crippen molar-refractivity contribution in [2.24, 2.45) is 0 Å². The maximum atomic E-state index is 14.5. The topological polar surface area (TPSA) is 85.0 Å². The average Bonchev–Trinajstić information content (AvgIpc) is 3.72. The van der Waals surface area contributed by atoms with E-state index in [0.717, 1.165) is 40.6 Å². The maximum absolute atomic E-state index is 14.5. The fraction of sp³-hybridized carbons (Fsp3) is 0.486. The summed E-state index contributed by atoms with van der Waals surface area (Å²) in [6.45, 7) is 5.78. The number of thiophene rings is 1. The molecule has 1 saturated heterocycles. The molecule has 3 aromatic rings. The quantitative estimate of drug-likeness (QED) is 0.230. The van der Waals surface area contributed by atoms with Gasteiger partial charge in [-0.3, -0.25) is 14.4 Å². The second kappa shape index (κ2) is 16.3. The number of fused-ring (bicyclic) bond motifs is 1. The number of amides is 3. The summed E-state index contributed by atoms with van der Waals surface area (Å²) < 4.78 is 0. The van der Waals surface area contributed by atoms with Gasteiger partial charge in [0.1, 0.15) is 12.1 Å². The Morgan fingerprint density at radius 2 is 1.78 bits per heavy atom. The molecule has 1 fully saturated rings. The van der Waals surface area contributed by atoms with Crippen molar-refractivity contribution < 1.29 is 14.4 Å². The largest absolute Gasteiger partial charge is 0.354 e. The molecule has 1 aliphatic rings. The molecular weight excluding hydrogens is 595 g/mol. The number of carbonyl (C=O) groups excluding carboxylic acids is 3. The van der Waals surface area contributed by atoms with E-state index >= 15 is 0 Å². The summed E-state index contributed by atoms with van der Waals surface area (Å²) in [5.74, 6) is -0.683. The Labute approximate surface area is 278 Å². The lowest BCUT2D eigenvalue weighted by atomic mass is 9.98. The van der Waals surface area contributed by atoms with Crippen molar-refractivity contribution in [1.29, 1.82) is 0 Å². The second-order valence-corrected chi connectivity index (χ2v) is 14.2. The lowest BCUT2D eigenvalue weighted by molar-refractivity contribution is -0.146. The van der Waals surface area contributed by atoms with Gasteiger partial charge in [0.05, 0.1) is 0 Å². The van der Waals surface area contributed by atoms with Crippen LogP contribution in [0.5, 0.6) is 0 Å². The van der Waals surface area contributed by atoms with E-state index in [4.69, 9.17) is 0 Å². The van der Waals surface area contributed by atoms with Crippen LogP contribution in [0, 0.1) is 0 Å². The van der Waals surface area contributed by atoms with E-state index in [-0.39, 0.29) is 23.3 Å². The zero-order valence-electron chi connectivity index (χ0n) is 28.3. The van der Waals surface area contributed by atoms with Gasteiger partial charge in [-0.05, 0) is 94.0 Å². The lowest BCUT2D eigenvalue weighted by Crippen LogP contribution is -2.56. The highest BCUT2D eigenvalue weighted by Crippen LogP contribution is 2.22. The van der Waals surface area contributed by atoms with Gasteiger partial charge in [0.2, 0.25) is 17.7 Å². The monoisotopic (exact) mass is 645 g/mol. The molecule has 3 atom stereocenters. The number of rotatable bonds is 15. The van der Waals surface area contributed by atoms with Crippen LogP contribution in [0.2, 0.25) is 0 Å². The molecule has 4 rings (SSSR count). The van der Waals surface area contributed by atoms with E-state index in [1.807, 2.05) is 61.0 Å². The molecule has 2 aromatic carbocycles. The van der Waals surface area contributed by atoms with Gasteiger partial charge in [-0.2, -0.15) is 0 Å². The van der Waals surface area contributed by atoms with Crippen molar-refractivity contribution in [1.82, 2.24) is 25.3 Å². The molecule has 46 heavy (non-hydrogen) atoms. The zero-order chi connectivity index (χ0) is 33.3. The number of hydrogen-bond donors (Lipinski definition) is 2. The van der Waals surface area contributed by atoms with Crippen LogP contribution in [0.1, 0.15) is 50.0 Å². The SMILES string of the molecule is CNC(C)(C)C/C=C/C(=O)N(C)[C@H](Cc1ccc2ccccc2c1)C(=O)N(C)[C@H](Cc1cccs1)C(=O)NCCC1CCCN1C. The summed E-state index contributed by atoms with van der Waals surface area (Å²) in [5, 5.41) is 10.6. The number of nitrogens with zero attached hydrogens (tertiary/aromatic N) is 3. The molecule has 1 unspecified atom stereocenters. The first kappa shape index (κ1) is 35.3. The van der Waals surface area contributed by atoms with Gasteiger partial charge in [-0.25, -0.2) is 0 Å². The van der Waals surface area contributed by atoms with Crippen molar-refractivity contribution in [3.05, 3.63) is 82.6 Å². The van der Waals surface area contributed by atoms with Gasteiger partial charge in [-0.15, -0.1) is 11.3 Å². The van der Waals surface area contributed by atoms with Gasteiger partial charge in [0.15, 0.2) is 0 Å². The van der Waals surface area contributed by atoms with E-state index in [9.17, 15) is 14.4 Å². The van der Waals surface area contributed by atoms with Gasteiger partial charge in [0.25, 0.3) is 0 Å². The van der Waals surface area contributed by atoms with E-state index in [0.29, 0.717) is 31.8 Å². The maximum Gasteiger partial charge on any atom is 0.246 e. The Kier molecular flexibility index (Phi) is 12.5. The summed E-state index contributed by atoms with van der Waals surface area (Å²) in [7, 11) is 7.41. The van der Waals surface area contributed by atoms with Crippen LogP contribution in [-0.2, 0) is 27.2 Å². The van der Waals surface area contributed by atoms with Crippen molar-refractivity contribution in [3.63, 3.8) is 0 Å². The van der Waals surface area contributed by atoms with Gasteiger partial charge < -0.3 is 25.3 Å². The first-order valence-electron chi connectivity index (χ1n) is 16.4. The third-order valence-electron chi connectivity index (χ3n) is 9.45. The lowest BCUT2D eigenvalue weighted by Gasteiger charge is -2.34. The van der Waals surface area contributed by atoms with Gasteiger partial charge >= 0.3 is 0 Å². The van der Waals surface area contributed by atoms with E-state index in [1.54, 1.807) is 36.4 Å². The predicted molar refractivity (Wildman–Crippen MR) is 189 cm³/mol. The molecule has 1 aromatic heterocycles. The van der Waals surface area contributed by atoms with Crippen molar-refractivity contribution >= 4 is 39.8 Å². The average molecular weight is 646 g/mol. The molecular formula is C37H51N5O3S. The van der Waals surface area contributed by atoms with E-state index in [1.165, 1.54) is 11.3 Å². The van der Waals surface area contributed by atoms with Crippen LogP contribution in [-0.4, -0.2) is 97.4 Å². The Morgan fingerprint density at radius 1 is 1.02 bits per heavy atom. The molecule has 1 aliphatic heterocycles. The molecule has 248 valence electrons. The van der Waals surface area contributed by atoms with Gasteiger partial charge in [-0.1, -0.05) is 54.6 Å². The minimum absolute atomic E-state index is 0.161. The van der Waals surface area contributed by atoms with E-state index in [2.05, 4.69) is 48.6 Å². The summed E-state index contributed by atoms with van der Waals surface area (Å²) in [6.07, 6.45) is 8.00. The van der Waals surface area contributed by atoms with Crippen molar-refractivity contribution in [3.8, 4) is 0 Å². The zero-order valence-corrected chi connectivity index (χ0v) is 29.1. The summed E-state index contributed by atoms with van der Waals surface area (Å²) in [4.78, 5) is 48.2. The van der Waals surface area contributed by atoms with Crippen LogP contribution >= 0.6 is 11.3 Å². The molecule has 8 nitrogen and oxygen atoms in total. The van der Waals surface area contributed by atoms with E-state index < -0.39 is 12.1 Å².